The SMILES string of the molecule is CCOC(=O)Cc1csc(NC(=O)C2CCN(C(C)=O)CC2)n1. The fourth-order valence-electron chi connectivity index (χ4n) is 2.47. The minimum absolute atomic E-state index is 0.0485. The van der Waals surface area contributed by atoms with Crippen LogP contribution in [0.5, 0.6) is 0 Å². The maximum Gasteiger partial charge on any atom is 0.311 e. The lowest BCUT2D eigenvalue weighted by atomic mass is 9.96. The normalized spacial score (nSPS) is 15.3. The predicted molar refractivity (Wildman–Crippen MR) is 86.1 cm³/mol. The Bertz CT molecular complexity index is 579. The Labute approximate surface area is 139 Å². The van der Waals surface area contributed by atoms with Crippen molar-refractivity contribution in [3.63, 3.8) is 0 Å². The van der Waals surface area contributed by atoms with Gasteiger partial charge in [0.2, 0.25) is 11.8 Å². The number of thiazole rings is 1. The molecule has 2 rings (SSSR count). The lowest BCUT2D eigenvalue weighted by molar-refractivity contribution is -0.142. The third-order valence-corrected chi connectivity index (χ3v) is 4.53. The van der Waals surface area contributed by atoms with E-state index in [2.05, 4.69) is 10.3 Å². The van der Waals surface area contributed by atoms with E-state index in [9.17, 15) is 14.4 Å². The summed E-state index contributed by atoms with van der Waals surface area (Å²) in [6.07, 6.45) is 1.43. The van der Waals surface area contributed by atoms with Crippen LogP contribution < -0.4 is 5.32 Å². The van der Waals surface area contributed by atoms with Crippen LogP contribution in [0.3, 0.4) is 0 Å². The van der Waals surface area contributed by atoms with Gasteiger partial charge in [0.05, 0.1) is 18.7 Å². The van der Waals surface area contributed by atoms with Crippen LogP contribution in [0, 0.1) is 5.92 Å². The summed E-state index contributed by atoms with van der Waals surface area (Å²) in [5.41, 5.74) is 0.593. The van der Waals surface area contributed by atoms with E-state index in [1.165, 1.54) is 11.3 Å². The average molecular weight is 339 g/mol. The first-order chi connectivity index (χ1) is 11.0. The lowest BCUT2D eigenvalue weighted by Crippen LogP contribution is -2.40. The number of aromatic nitrogens is 1. The number of hydrogen-bond acceptors (Lipinski definition) is 6. The van der Waals surface area contributed by atoms with Gasteiger partial charge in [-0.2, -0.15) is 0 Å². The minimum atomic E-state index is -0.327. The van der Waals surface area contributed by atoms with Gasteiger partial charge in [0, 0.05) is 31.3 Å². The number of likely N-dealkylation sites (tertiary alicyclic amines) is 1. The van der Waals surface area contributed by atoms with Crippen LogP contribution in [0.2, 0.25) is 0 Å². The van der Waals surface area contributed by atoms with Crippen molar-refractivity contribution < 1.29 is 19.1 Å². The summed E-state index contributed by atoms with van der Waals surface area (Å²) in [6, 6.07) is 0. The van der Waals surface area contributed by atoms with Crippen LogP contribution in [-0.4, -0.2) is 47.4 Å². The fraction of sp³-hybridized carbons (Fsp3) is 0.600. The molecule has 0 aromatic carbocycles. The molecule has 7 nitrogen and oxygen atoms in total. The second-order valence-electron chi connectivity index (χ2n) is 5.40. The molecule has 0 unspecified atom stereocenters. The topological polar surface area (TPSA) is 88.6 Å². The van der Waals surface area contributed by atoms with E-state index < -0.39 is 0 Å². The first kappa shape index (κ1) is 17.4. The third kappa shape index (κ3) is 5.02. The molecule has 1 aliphatic rings. The molecule has 1 N–H and O–H groups in total. The average Bonchev–Trinajstić information content (AvgIpc) is 2.94. The number of esters is 1. The molecule has 2 heterocycles. The summed E-state index contributed by atoms with van der Waals surface area (Å²) < 4.78 is 4.87. The second kappa shape index (κ2) is 8.05. The third-order valence-electron chi connectivity index (χ3n) is 3.72. The smallest absolute Gasteiger partial charge is 0.311 e. The van der Waals surface area contributed by atoms with E-state index in [0.717, 1.165) is 0 Å². The van der Waals surface area contributed by atoms with Gasteiger partial charge in [-0.05, 0) is 19.8 Å². The van der Waals surface area contributed by atoms with Crippen molar-refractivity contribution in [1.29, 1.82) is 0 Å². The van der Waals surface area contributed by atoms with Crippen molar-refractivity contribution in [2.45, 2.75) is 33.1 Å². The maximum absolute atomic E-state index is 12.2. The van der Waals surface area contributed by atoms with Crippen LogP contribution in [0.1, 0.15) is 32.4 Å². The summed E-state index contributed by atoms with van der Waals surface area (Å²) in [5.74, 6) is -0.465. The number of hydrogen-bond donors (Lipinski definition) is 1. The van der Waals surface area contributed by atoms with E-state index in [1.807, 2.05) is 0 Å². The molecule has 1 aromatic rings. The van der Waals surface area contributed by atoms with E-state index in [1.54, 1.807) is 24.1 Å². The van der Waals surface area contributed by atoms with E-state index in [4.69, 9.17) is 4.74 Å². The summed E-state index contributed by atoms with van der Waals surface area (Å²) in [5, 5.41) is 5.02. The molecular weight excluding hydrogens is 318 g/mol. The van der Waals surface area contributed by atoms with Gasteiger partial charge in [-0.3, -0.25) is 14.4 Å². The molecule has 8 heteroatoms. The van der Waals surface area contributed by atoms with Gasteiger partial charge in [-0.1, -0.05) is 0 Å². The summed E-state index contributed by atoms with van der Waals surface area (Å²) in [7, 11) is 0. The monoisotopic (exact) mass is 339 g/mol. The first-order valence-corrected chi connectivity index (χ1v) is 8.54. The van der Waals surface area contributed by atoms with Crippen LogP contribution in [0.25, 0.3) is 0 Å². The molecule has 1 aromatic heterocycles. The Kier molecular flexibility index (Phi) is 6.09. The molecule has 0 aliphatic carbocycles. The fourth-order valence-corrected chi connectivity index (χ4v) is 3.18. The zero-order valence-corrected chi connectivity index (χ0v) is 14.1. The van der Waals surface area contributed by atoms with Gasteiger partial charge in [0.1, 0.15) is 0 Å². The van der Waals surface area contributed by atoms with Gasteiger partial charge >= 0.3 is 5.97 Å². The van der Waals surface area contributed by atoms with Crippen LogP contribution in [-0.2, 0) is 25.5 Å². The van der Waals surface area contributed by atoms with Crippen LogP contribution in [0.15, 0.2) is 5.38 Å². The van der Waals surface area contributed by atoms with E-state index >= 15 is 0 Å². The number of carbonyl (C=O) groups excluding carboxylic acids is 3. The number of nitrogens with one attached hydrogen (secondary N) is 1. The maximum atomic E-state index is 12.2. The standard InChI is InChI=1S/C15H21N3O4S/c1-3-22-13(20)8-12-9-23-15(16-12)17-14(21)11-4-6-18(7-5-11)10(2)19/h9,11H,3-8H2,1-2H3,(H,16,17,21). The Morgan fingerprint density at radius 3 is 2.70 bits per heavy atom. The first-order valence-electron chi connectivity index (χ1n) is 7.66. The Hall–Kier alpha value is -1.96. The summed E-state index contributed by atoms with van der Waals surface area (Å²) >= 11 is 1.29. The molecule has 0 atom stereocenters. The molecule has 126 valence electrons. The number of amides is 2. The Balaban J connectivity index is 1.83. The van der Waals surface area contributed by atoms with Crippen molar-refractivity contribution >= 4 is 34.3 Å². The van der Waals surface area contributed by atoms with Crippen molar-refractivity contribution in [2.75, 3.05) is 25.0 Å². The minimum Gasteiger partial charge on any atom is -0.466 e. The lowest BCUT2D eigenvalue weighted by Gasteiger charge is -2.30. The van der Waals surface area contributed by atoms with Crippen molar-refractivity contribution in [2.24, 2.45) is 5.92 Å². The van der Waals surface area contributed by atoms with E-state index in [-0.39, 0.29) is 30.1 Å². The summed E-state index contributed by atoms with van der Waals surface area (Å²) in [6.45, 7) is 4.85. The molecular formula is C15H21N3O4S. The van der Waals surface area contributed by atoms with E-state index in [0.29, 0.717) is 43.4 Å². The van der Waals surface area contributed by atoms with Crippen molar-refractivity contribution in [1.82, 2.24) is 9.88 Å². The zero-order valence-electron chi connectivity index (χ0n) is 13.3. The Morgan fingerprint density at radius 2 is 2.09 bits per heavy atom. The van der Waals surface area contributed by atoms with Crippen molar-refractivity contribution in [3.05, 3.63) is 11.1 Å². The van der Waals surface area contributed by atoms with Gasteiger partial charge in [-0.15, -0.1) is 11.3 Å². The molecule has 2 amide bonds. The Morgan fingerprint density at radius 1 is 1.39 bits per heavy atom. The number of piperidine rings is 1. The number of carbonyl (C=O) groups is 3. The second-order valence-corrected chi connectivity index (χ2v) is 6.25. The van der Waals surface area contributed by atoms with Crippen LogP contribution in [0.4, 0.5) is 5.13 Å². The number of ether oxygens (including phenoxy) is 1. The highest BCUT2D eigenvalue weighted by Crippen LogP contribution is 2.21. The molecule has 1 aliphatic heterocycles. The number of rotatable bonds is 5. The largest absolute Gasteiger partial charge is 0.466 e. The van der Waals surface area contributed by atoms with Gasteiger partial charge < -0.3 is 15.0 Å². The van der Waals surface area contributed by atoms with Gasteiger partial charge in [0.15, 0.2) is 5.13 Å². The highest BCUT2D eigenvalue weighted by Gasteiger charge is 2.26. The molecule has 0 spiro atoms. The van der Waals surface area contributed by atoms with Gasteiger partial charge in [0.25, 0.3) is 0 Å². The van der Waals surface area contributed by atoms with Gasteiger partial charge in [-0.25, -0.2) is 4.98 Å². The number of anilines is 1. The van der Waals surface area contributed by atoms with Crippen LogP contribution >= 0.6 is 11.3 Å². The van der Waals surface area contributed by atoms with Crippen molar-refractivity contribution in [3.8, 4) is 0 Å². The summed E-state index contributed by atoms with van der Waals surface area (Å²) in [4.78, 5) is 40.9. The quantitative estimate of drug-likeness (QED) is 0.820. The zero-order chi connectivity index (χ0) is 16.8. The number of nitrogens with zero attached hydrogens (tertiary/aromatic N) is 2. The molecule has 1 fully saturated rings. The molecule has 0 radical (unpaired) electrons. The predicted octanol–water partition coefficient (Wildman–Crippen LogP) is 1.45. The molecule has 23 heavy (non-hydrogen) atoms. The highest BCUT2D eigenvalue weighted by molar-refractivity contribution is 7.13. The molecule has 1 saturated heterocycles. The molecule has 0 bridgehead atoms. The molecule has 0 saturated carbocycles. The highest BCUT2D eigenvalue weighted by atomic mass is 32.1.